The van der Waals surface area contributed by atoms with Crippen LogP contribution in [0.2, 0.25) is 0 Å². The van der Waals surface area contributed by atoms with Crippen LogP contribution in [0.5, 0.6) is 0 Å². The highest BCUT2D eigenvalue weighted by Crippen LogP contribution is 2.28. The van der Waals surface area contributed by atoms with Gasteiger partial charge in [0.25, 0.3) is 5.91 Å². The molecule has 0 aliphatic carbocycles. The first-order valence-electron chi connectivity index (χ1n) is 11.5. The standard InChI is InChI=1S/C25H24N4O.C2HF3O2/c1-28-10-12-29(13-11-28)25(30)19-8-6-18(7-9-19)21-14-22(17-26-16-21)24-15-20-4-2-3-5-23(20)27-24;3-2(4,5)1(6)7/h2-9,14-17,27H,10-13H2,1H3;(H,6,7). The first kappa shape index (κ1) is 25.9. The molecule has 0 radical (unpaired) electrons. The number of nitrogens with zero attached hydrogens (tertiary/aromatic N) is 3. The molecule has 0 bridgehead atoms. The molecule has 0 saturated carbocycles. The number of hydrogen-bond acceptors (Lipinski definition) is 4. The third-order valence-electron chi connectivity index (χ3n) is 6.08. The van der Waals surface area contributed by atoms with E-state index in [1.54, 1.807) is 0 Å². The Morgan fingerprint density at radius 2 is 1.51 bits per heavy atom. The van der Waals surface area contributed by atoms with E-state index in [1.165, 1.54) is 5.39 Å². The molecule has 5 rings (SSSR count). The van der Waals surface area contributed by atoms with Crippen LogP contribution in [0.1, 0.15) is 10.4 Å². The zero-order valence-corrected chi connectivity index (χ0v) is 20.0. The molecule has 7 nitrogen and oxygen atoms in total. The molecule has 1 amide bonds. The molecule has 0 spiro atoms. The number of carbonyl (C=O) groups is 2. The van der Waals surface area contributed by atoms with Crippen LogP contribution < -0.4 is 0 Å². The van der Waals surface area contributed by atoms with Gasteiger partial charge in [-0.15, -0.1) is 0 Å². The lowest BCUT2D eigenvalue weighted by Crippen LogP contribution is -2.47. The van der Waals surface area contributed by atoms with E-state index in [0.717, 1.165) is 59.6 Å². The van der Waals surface area contributed by atoms with Crippen LogP contribution >= 0.6 is 0 Å². The molecular weight excluding hydrogens is 485 g/mol. The quantitative estimate of drug-likeness (QED) is 0.409. The molecule has 2 aromatic heterocycles. The fraction of sp³-hybridized carbons (Fsp3) is 0.222. The normalized spacial score (nSPS) is 14.2. The van der Waals surface area contributed by atoms with Gasteiger partial charge in [0.05, 0.1) is 0 Å². The van der Waals surface area contributed by atoms with Crippen molar-refractivity contribution in [3.05, 3.63) is 78.6 Å². The third-order valence-corrected chi connectivity index (χ3v) is 6.08. The highest BCUT2D eigenvalue weighted by molar-refractivity contribution is 5.95. The number of carboxylic acids is 1. The van der Waals surface area contributed by atoms with Gasteiger partial charge in [-0.1, -0.05) is 30.3 Å². The van der Waals surface area contributed by atoms with E-state index in [-0.39, 0.29) is 5.91 Å². The second-order valence-electron chi connectivity index (χ2n) is 8.71. The maximum atomic E-state index is 12.8. The maximum absolute atomic E-state index is 12.8. The van der Waals surface area contributed by atoms with Crippen molar-refractivity contribution in [3.63, 3.8) is 0 Å². The predicted molar refractivity (Wildman–Crippen MR) is 134 cm³/mol. The average Bonchev–Trinajstić information content (AvgIpc) is 3.33. The van der Waals surface area contributed by atoms with Crippen LogP contribution in [-0.4, -0.2) is 76.2 Å². The summed E-state index contributed by atoms with van der Waals surface area (Å²) in [4.78, 5) is 33.8. The summed E-state index contributed by atoms with van der Waals surface area (Å²) >= 11 is 0. The fourth-order valence-electron chi connectivity index (χ4n) is 3.97. The molecule has 37 heavy (non-hydrogen) atoms. The number of aromatic amines is 1. The number of likely N-dealkylation sites (N-methyl/N-ethyl adjacent to an activating group) is 1. The van der Waals surface area contributed by atoms with Gasteiger partial charge in [0, 0.05) is 71.9 Å². The number of aromatic nitrogens is 2. The average molecular weight is 511 g/mol. The number of benzene rings is 2. The third kappa shape index (κ3) is 6.34. The van der Waals surface area contributed by atoms with Crippen molar-refractivity contribution in [3.8, 4) is 22.4 Å². The van der Waals surface area contributed by atoms with Crippen LogP contribution in [0.4, 0.5) is 13.2 Å². The number of nitrogens with one attached hydrogen (secondary N) is 1. The van der Waals surface area contributed by atoms with Gasteiger partial charge in [-0.05, 0) is 42.9 Å². The SMILES string of the molecule is CN1CCN(C(=O)c2ccc(-c3cncc(-c4cc5ccccc5[nH]4)c3)cc2)CC1.O=C(O)C(F)(F)F. The summed E-state index contributed by atoms with van der Waals surface area (Å²) in [5.41, 5.74) is 6.03. The van der Waals surface area contributed by atoms with Crippen LogP contribution in [0.3, 0.4) is 0 Å². The summed E-state index contributed by atoms with van der Waals surface area (Å²) < 4.78 is 31.7. The van der Waals surface area contributed by atoms with Crippen LogP contribution in [0, 0.1) is 0 Å². The van der Waals surface area contributed by atoms with Gasteiger partial charge in [-0.2, -0.15) is 13.2 Å². The number of para-hydroxylation sites is 1. The predicted octanol–water partition coefficient (Wildman–Crippen LogP) is 4.92. The minimum Gasteiger partial charge on any atom is -0.475 e. The lowest BCUT2D eigenvalue weighted by atomic mass is 10.0. The Kier molecular flexibility index (Phi) is 7.58. The highest BCUT2D eigenvalue weighted by Gasteiger charge is 2.38. The Morgan fingerprint density at radius 3 is 2.14 bits per heavy atom. The number of pyridine rings is 1. The van der Waals surface area contributed by atoms with Gasteiger partial charge in [0.15, 0.2) is 0 Å². The highest BCUT2D eigenvalue weighted by atomic mass is 19.4. The van der Waals surface area contributed by atoms with E-state index < -0.39 is 12.1 Å². The van der Waals surface area contributed by atoms with Crippen molar-refractivity contribution < 1.29 is 27.9 Å². The molecule has 192 valence electrons. The van der Waals surface area contributed by atoms with Crippen LogP contribution in [0.25, 0.3) is 33.3 Å². The van der Waals surface area contributed by atoms with Gasteiger partial charge in [0.2, 0.25) is 0 Å². The topological polar surface area (TPSA) is 89.5 Å². The lowest BCUT2D eigenvalue weighted by molar-refractivity contribution is -0.192. The number of carbonyl (C=O) groups excluding carboxylic acids is 1. The molecule has 10 heteroatoms. The van der Waals surface area contributed by atoms with E-state index >= 15 is 0 Å². The monoisotopic (exact) mass is 510 g/mol. The number of H-pyrrole nitrogens is 1. The van der Waals surface area contributed by atoms with E-state index in [0.29, 0.717) is 0 Å². The number of rotatable bonds is 3. The Balaban J connectivity index is 0.000000405. The number of piperazine rings is 1. The first-order chi connectivity index (χ1) is 17.6. The minimum absolute atomic E-state index is 0.111. The Bertz CT molecular complexity index is 1360. The van der Waals surface area contributed by atoms with E-state index in [1.807, 2.05) is 53.7 Å². The van der Waals surface area contributed by atoms with Gasteiger partial charge >= 0.3 is 12.1 Å². The van der Waals surface area contributed by atoms with Crippen molar-refractivity contribution in [2.45, 2.75) is 6.18 Å². The number of fused-ring (bicyclic) bond motifs is 1. The van der Waals surface area contributed by atoms with Gasteiger partial charge in [0.1, 0.15) is 0 Å². The number of halogens is 3. The lowest BCUT2D eigenvalue weighted by Gasteiger charge is -2.32. The molecule has 4 aromatic rings. The largest absolute Gasteiger partial charge is 0.490 e. The molecule has 2 N–H and O–H groups in total. The molecule has 1 fully saturated rings. The molecule has 1 aliphatic heterocycles. The van der Waals surface area contributed by atoms with Crippen molar-refractivity contribution in [2.75, 3.05) is 33.2 Å². The Morgan fingerprint density at radius 1 is 0.892 bits per heavy atom. The van der Waals surface area contributed by atoms with Gasteiger partial charge < -0.3 is 19.9 Å². The summed E-state index contributed by atoms with van der Waals surface area (Å²) in [5, 5.41) is 8.31. The Labute approximate surface area is 211 Å². The van der Waals surface area contributed by atoms with Gasteiger partial charge in [-0.25, -0.2) is 4.79 Å². The number of aliphatic carboxylic acids is 1. The molecule has 1 saturated heterocycles. The summed E-state index contributed by atoms with van der Waals surface area (Å²) in [5.74, 6) is -2.65. The molecule has 3 heterocycles. The number of hydrogen-bond donors (Lipinski definition) is 2. The second kappa shape index (κ2) is 10.8. The molecular formula is C27H25F3N4O3. The van der Waals surface area contributed by atoms with Crippen molar-refractivity contribution >= 4 is 22.8 Å². The van der Waals surface area contributed by atoms with E-state index in [2.05, 4.69) is 46.2 Å². The second-order valence-corrected chi connectivity index (χ2v) is 8.71. The summed E-state index contributed by atoms with van der Waals surface area (Å²) in [6, 6.07) is 20.4. The summed E-state index contributed by atoms with van der Waals surface area (Å²) in [7, 11) is 2.09. The zero-order chi connectivity index (χ0) is 26.6. The van der Waals surface area contributed by atoms with Crippen molar-refractivity contribution in [1.82, 2.24) is 19.8 Å². The van der Waals surface area contributed by atoms with Crippen molar-refractivity contribution in [1.29, 1.82) is 0 Å². The number of amides is 1. The number of carboxylic acid groups (broad SMARTS) is 1. The zero-order valence-electron chi connectivity index (χ0n) is 20.0. The van der Waals surface area contributed by atoms with E-state index in [9.17, 15) is 18.0 Å². The van der Waals surface area contributed by atoms with Crippen molar-refractivity contribution in [2.24, 2.45) is 0 Å². The smallest absolute Gasteiger partial charge is 0.475 e. The summed E-state index contributed by atoms with van der Waals surface area (Å²) in [6.45, 7) is 3.42. The molecule has 2 aromatic carbocycles. The van der Waals surface area contributed by atoms with E-state index in [4.69, 9.17) is 9.90 Å². The van der Waals surface area contributed by atoms with Crippen LogP contribution in [0.15, 0.2) is 73.1 Å². The van der Waals surface area contributed by atoms with Gasteiger partial charge in [-0.3, -0.25) is 9.78 Å². The molecule has 0 unspecified atom stereocenters. The summed E-state index contributed by atoms with van der Waals surface area (Å²) in [6.07, 6.45) is -1.34. The Hall–Kier alpha value is -4.18. The fourth-order valence-corrected chi connectivity index (χ4v) is 3.97. The first-order valence-corrected chi connectivity index (χ1v) is 11.5. The molecule has 1 aliphatic rings. The van der Waals surface area contributed by atoms with Crippen LogP contribution in [-0.2, 0) is 4.79 Å². The number of alkyl halides is 3. The molecule has 0 atom stereocenters. The minimum atomic E-state index is -5.08. The maximum Gasteiger partial charge on any atom is 0.490 e.